The molecule has 0 saturated carbocycles. The van der Waals surface area contributed by atoms with Gasteiger partial charge in [0.1, 0.15) is 5.69 Å². The predicted octanol–water partition coefficient (Wildman–Crippen LogP) is 4.04. The van der Waals surface area contributed by atoms with E-state index in [-0.39, 0.29) is 18.4 Å². The van der Waals surface area contributed by atoms with Gasteiger partial charge in [-0.3, -0.25) is 9.59 Å². The third-order valence-corrected chi connectivity index (χ3v) is 5.19. The standard InChI is InChI=1S/C20H21N3O3S/c1-12-7-5-8-13(2)17(12)21-16(24)11-23(4)20(25)18-14(3)27-19(22-18)15-9-6-10-26-15/h5-10H,11H2,1-4H3,(H,21,24). The Morgan fingerprint density at radius 2 is 1.85 bits per heavy atom. The molecule has 0 spiro atoms. The van der Waals surface area contributed by atoms with Gasteiger partial charge in [-0.05, 0) is 44.0 Å². The first kappa shape index (κ1) is 18.8. The molecule has 0 fully saturated rings. The summed E-state index contributed by atoms with van der Waals surface area (Å²) in [5, 5.41) is 3.54. The number of furan rings is 1. The van der Waals surface area contributed by atoms with E-state index in [0.29, 0.717) is 16.5 Å². The number of aromatic nitrogens is 1. The number of anilines is 1. The predicted molar refractivity (Wildman–Crippen MR) is 106 cm³/mol. The molecule has 0 bridgehead atoms. The topological polar surface area (TPSA) is 75.4 Å². The lowest BCUT2D eigenvalue weighted by molar-refractivity contribution is -0.116. The Bertz CT molecular complexity index is 956. The van der Waals surface area contributed by atoms with Gasteiger partial charge in [0.25, 0.3) is 5.91 Å². The number of nitrogens with zero attached hydrogens (tertiary/aromatic N) is 2. The van der Waals surface area contributed by atoms with Gasteiger partial charge in [-0.25, -0.2) is 4.98 Å². The fourth-order valence-electron chi connectivity index (χ4n) is 2.76. The number of thiazole rings is 1. The molecule has 0 aliphatic heterocycles. The molecule has 2 heterocycles. The van der Waals surface area contributed by atoms with Gasteiger partial charge in [0.05, 0.1) is 12.8 Å². The molecule has 3 rings (SSSR count). The van der Waals surface area contributed by atoms with Gasteiger partial charge in [0.15, 0.2) is 10.8 Å². The summed E-state index contributed by atoms with van der Waals surface area (Å²) in [6, 6.07) is 9.39. The quantitative estimate of drug-likeness (QED) is 0.721. The summed E-state index contributed by atoms with van der Waals surface area (Å²) < 4.78 is 5.34. The van der Waals surface area contributed by atoms with Crippen LogP contribution in [0.5, 0.6) is 0 Å². The minimum Gasteiger partial charge on any atom is -0.462 e. The summed E-state index contributed by atoms with van der Waals surface area (Å²) in [6.45, 7) is 5.65. The van der Waals surface area contributed by atoms with Gasteiger partial charge in [-0.15, -0.1) is 11.3 Å². The number of para-hydroxylation sites is 1. The van der Waals surface area contributed by atoms with Crippen molar-refractivity contribution >= 4 is 28.8 Å². The Balaban J connectivity index is 1.70. The molecule has 27 heavy (non-hydrogen) atoms. The highest BCUT2D eigenvalue weighted by atomic mass is 32.1. The fraction of sp³-hybridized carbons (Fsp3) is 0.250. The van der Waals surface area contributed by atoms with E-state index in [4.69, 9.17) is 4.42 Å². The lowest BCUT2D eigenvalue weighted by Crippen LogP contribution is -2.35. The lowest BCUT2D eigenvalue weighted by atomic mass is 10.1. The summed E-state index contributed by atoms with van der Waals surface area (Å²) in [5.41, 5.74) is 3.09. The number of rotatable bonds is 5. The Morgan fingerprint density at radius 3 is 2.48 bits per heavy atom. The Labute approximate surface area is 161 Å². The first-order chi connectivity index (χ1) is 12.9. The number of aryl methyl sites for hydroxylation is 3. The van der Waals surface area contributed by atoms with E-state index in [1.165, 1.54) is 16.2 Å². The van der Waals surface area contributed by atoms with Gasteiger partial charge in [-0.2, -0.15) is 0 Å². The summed E-state index contributed by atoms with van der Waals surface area (Å²) >= 11 is 1.39. The van der Waals surface area contributed by atoms with E-state index in [1.807, 2.05) is 39.0 Å². The fourth-order valence-corrected chi connectivity index (χ4v) is 3.63. The van der Waals surface area contributed by atoms with Crippen LogP contribution in [0.15, 0.2) is 41.0 Å². The highest BCUT2D eigenvalue weighted by molar-refractivity contribution is 7.15. The SMILES string of the molecule is Cc1cccc(C)c1NC(=O)CN(C)C(=O)c1nc(-c2ccco2)sc1C. The molecule has 0 aliphatic rings. The molecule has 7 heteroatoms. The Kier molecular flexibility index (Phi) is 5.41. The van der Waals surface area contributed by atoms with Crippen molar-refractivity contribution in [2.75, 3.05) is 18.9 Å². The zero-order chi connectivity index (χ0) is 19.6. The molecule has 2 aromatic heterocycles. The van der Waals surface area contributed by atoms with Crippen molar-refractivity contribution in [3.05, 3.63) is 58.3 Å². The Hall–Kier alpha value is -2.93. The van der Waals surface area contributed by atoms with E-state index in [2.05, 4.69) is 10.3 Å². The molecule has 0 radical (unpaired) electrons. The van der Waals surface area contributed by atoms with Gasteiger partial charge in [0, 0.05) is 17.6 Å². The first-order valence-electron chi connectivity index (χ1n) is 8.49. The molecule has 140 valence electrons. The molecule has 0 atom stereocenters. The van der Waals surface area contributed by atoms with Crippen LogP contribution in [-0.4, -0.2) is 35.3 Å². The van der Waals surface area contributed by atoms with E-state index in [0.717, 1.165) is 21.7 Å². The van der Waals surface area contributed by atoms with E-state index >= 15 is 0 Å². The summed E-state index contributed by atoms with van der Waals surface area (Å²) in [7, 11) is 1.60. The maximum absolute atomic E-state index is 12.7. The van der Waals surface area contributed by atoms with Crippen molar-refractivity contribution in [1.82, 2.24) is 9.88 Å². The van der Waals surface area contributed by atoms with Crippen molar-refractivity contribution in [3.63, 3.8) is 0 Å². The van der Waals surface area contributed by atoms with Crippen molar-refractivity contribution in [3.8, 4) is 10.8 Å². The summed E-state index contributed by atoms with van der Waals surface area (Å²) in [4.78, 5) is 31.7. The van der Waals surface area contributed by atoms with Crippen LogP contribution in [-0.2, 0) is 4.79 Å². The average Bonchev–Trinajstić information content (AvgIpc) is 3.27. The zero-order valence-electron chi connectivity index (χ0n) is 15.7. The molecule has 1 N–H and O–H groups in total. The third-order valence-electron chi connectivity index (χ3n) is 4.20. The maximum Gasteiger partial charge on any atom is 0.273 e. The smallest absolute Gasteiger partial charge is 0.273 e. The van der Waals surface area contributed by atoms with Crippen LogP contribution >= 0.6 is 11.3 Å². The van der Waals surface area contributed by atoms with E-state index in [1.54, 1.807) is 25.4 Å². The molecule has 0 unspecified atom stereocenters. The Morgan fingerprint density at radius 1 is 1.15 bits per heavy atom. The minimum atomic E-state index is -0.293. The second-order valence-corrected chi connectivity index (χ2v) is 7.58. The molecule has 0 saturated heterocycles. The van der Waals surface area contributed by atoms with Crippen LogP contribution in [0.2, 0.25) is 0 Å². The highest BCUT2D eigenvalue weighted by Crippen LogP contribution is 2.28. The van der Waals surface area contributed by atoms with Crippen molar-refractivity contribution in [1.29, 1.82) is 0 Å². The molecular formula is C20H21N3O3S. The molecule has 0 aliphatic carbocycles. The van der Waals surface area contributed by atoms with Gasteiger partial charge in [-0.1, -0.05) is 18.2 Å². The molecule has 6 nitrogen and oxygen atoms in total. The lowest BCUT2D eigenvalue weighted by Gasteiger charge is -2.17. The third kappa shape index (κ3) is 4.09. The van der Waals surface area contributed by atoms with Crippen LogP contribution in [0.4, 0.5) is 5.69 Å². The average molecular weight is 383 g/mol. The van der Waals surface area contributed by atoms with Gasteiger partial charge < -0.3 is 14.6 Å². The van der Waals surface area contributed by atoms with E-state index in [9.17, 15) is 9.59 Å². The van der Waals surface area contributed by atoms with Gasteiger partial charge in [0.2, 0.25) is 5.91 Å². The number of hydrogen-bond donors (Lipinski definition) is 1. The molecule has 1 aromatic carbocycles. The van der Waals surface area contributed by atoms with Gasteiger partial charge >= 0.3 is 0 Å². The second kappa shape index (κ2) is 7.75. The number of carbonyl (C=O) groups excluding carboxylic acids is 2. The summed E-state index contributed by atoms with van der Waals surface area (Å²) in [5.74, 6) is 0.0816. The first-order valence-corrected chi connectivity index (χ1v) is 9.31. The largest absolute Gasteiger partial charge is 0.462 e. The monoisotopic (exact) mass is 383 g/mol. The minimum absolute atomic E-state index is 0.0559. The van der Waals surface area contributed by atoms with Crippen LogP contribution in [0.1, 0.15) is 26.5 Å². The maximum atomic E-state index is 12.7. The zero-order valence-corrected chi connectivity index (χ0v) is 16.5. The number of hydrogen-bond acceptors (Lipinski definition) is 5. The number of nitrogens with one attached hydrogen (secondary N) is 1. The van der Waals surface area contributed by atoms with Crippen LogP contribution in [0.3, 0.4) is 0 Å². The number of carbonyl (C=O) groups is 2. The second-order valence-electron chi connectivity index (χ2n) is 6.38. The summed E-state index contributed by atoms with van der Waals surface area (Å²) in [6.07, 6.45) is 1.57. The van der Waals surface area contributed by atoms with Crippen molar-refractivity contribution in [2.24, 2.45) is 0 Å². The van der Waals surface area contributed by atoms with Crippen molar-refractivity contribution in [2.45, 2.75) is 20.8 Å². The molecule has 3 aromatic rings. The number of likely N-dealkylation sites (N-methyl/N-ethyl adjacent to an activating group) is 1. The van der Waals surface area contributed by atoms with Crippen LogP contribution in [0, 0.1) is 20.8 Å². The number of amides is 2. The normalized spacial score (nSPS) is 10.7. The highest BCUT2D eigenvalue weighted by Gasteiger charge is 2.22. The van der Waals surface area contributed by atoms with Crippen molar-refractivity contribution < 1.29 is 14.0 Å². The molecular weight excluding hydrogens is 362 g/mol. The van der Waals surface area contributed by atoms with Crippen LogP contribution in [0.25, 0.3) is 10.8 Å². The van der Waals surface area contributed by atoms with Crippen LogP contribution < -0.4 is 5.32 Å². The van der Waals surface area contributed by atoms with E-state index < -0.39 is 0 Å². The number of benzene rings is 1. The molecule has 2 amide bonds.